The molecule has 1 heterocycles. The van der Waals surface area contributed by atoms with E-state index in [2.05, 4.69) is 5.32 Å². The number of rotatable bonds is 6. The number of nitrogens with two attached hydrogens (primary N) is 1. The zero-order valence-electron chi connectivity index (χ0n) is 16.3. The van der Waals surface area contributed by atoms with Gasteiger partial charge in [-0.05, 0) is 43.0 Å². The van der Waals surface area contributed by atoms with Gasteiger partial charge in [0.1, 0.15) is 5.75 Å². The maximum Gasteiger partial charge on any atom is 0.255 e. The van der Waals surface area contributed by atoms with Crippen LogP contribution in [-0.2, 0) is 9.59 Å². The highest BCUT2D eigenvalue weighted by Gasteiger charge is 2.26. The SMILES string of the molecule is CC(C)(C)C(=O)NCC1CCCN(C(=O)c2ccc(OCC(N)=O)cc2)C1. The minimum atomic E-state index is -0.548. The molecule has 1 aliphatic heterocycles. The molecule has 3 amide bonds. The summed E-state index contributed by atoms with van der Waals surface area (Å²) in [4.78, 5) is 37.4. The van der Waals surface area contributed by atoms with Gasteiger partial charge in [-0.2, -0.15) is 0 Å². The van der Waals surface area contributed by atoms with Gasteiger partial charge in [-0.3, -0.25) is 14.4 Å². The molecule has 7 heteroatoms. The van der Waals surface area contributed by atoms with Crippen LogP contribution in [0, 0.1) is 11.3 Å². The summed E-state index contributed by atoms with van der Waals surface area (Å²) in [6.45, 7) is 7.38. The van der Waals surface area contributed by atoms with E-state index < -0.39 is 11.3 Å². The van der Waals surface area contributed by atoms with Crippen molar-refractivity contribution in [1.82, 2.24) is 10.2 Å². The van der Waals surface area contributed by atoms with Crippen LogP contribution in [0.3, 0.4) is 0 Å². The van der Waals surface area contributed by atoms with Crippen LogP contribution in [0.4, 0.5) is 0 Å². The number of carbonyl (C=O) groups excluding carboxylic acids is 3. The third kappa shape index (κ3) is 6.27. The first kappa shape index (κ1) is 20.7. The first-order valence-electron chi connectivity index (χ1n) is 9.25. The molecule has 1 atom stereocenters. The average Bonchev–Trinajstić information content (AvgIpc) is 2.63. The largest absolute Gasteiger partial charge is 0.484 e. The predicted molar refractivity (Wildman–Crippen MR) is 102 cm³/mol. The summed E-state index contributed by atoms with van der Waals surface area (Å²) < 4.78 is 5.21. The van der Waals surface area contributed by atoms with E-state index in [-0.39, 0.29) is 24.3 Å². The maximum atomic E-state index is 12.7. The Morgan fingerprint density at radius 2 is 1.89 bits per heavy atom. The molecule has 7 nitrogen and oxygen atoms in total. The minimum absolute atomic E-state index is 0.0255. The summed E-state index contributed by atoms with van der Waals surface area (Å²) in [5, 5.41) is 2.99. The fraction of sp³-hybridized carbons (Fsp3) is 0.550. The first-order chi connectivity index (χ1) is 12.7. The molecule has 1 aromatic carbocycles. The summed E-state index contributed by atoms with van der Waals surface area (Å²) >= 11 is 0. The Kier molecular flexibility index (Phi) is 6.82. The van der Waals surface area contributed by atoms with Gasteiger partial charge < -0.3 is 20.7 Å². The molecule has 0 aliphatic carbocycles. The number of amides is 3. The number of piperidine rings is 1. The van der Waals surface area contributed by atoms with E-state index in [4.69, 9.17) is 10.5 Å². The molecule has 2 rings (SSSR count). The van der Waals surface area contributed by atoms with Gasteiger partial charge in [0, 0.05) is 30.6 Å². The number of hydrogen-bond donors (Lipinski definition) is 2. The molecule has 1 aliphatic rings. The highest BCUT2D eigenvalue weighted by Crippen LogP contribution is 2.20. The summed E-state index contributed by atoms with van der Waals surface area (Å²) in [5.74, 6) is 0.188. The van der Waals surface area contributed by atoms with Crippen LogP contribution < -0.4 is 15.8 Å². The third-order valence-electron chi connectivity index (χ3n) is 4.52. The molecule has 1 unspecified atom stereocenters. The molecular weight excluding hydrogens is 346 g/mol. The number of nitrogens with zero attached hydrogens (tertiary/aromatic N) is 1. The molecule has 1 aromatic rings. The van der Waals surface area contributed by atoms with Crippen molar-refractivity contribution in [3.05, 3.63) is 29.8 Å². The zero-order chi connectivity index (χ0) is 20.0. The maximum absolute atomic E-state index is 12.7. The molecule has 0 bridgehead atoms. The number of likely N-dealkylation sites (tertiary alicyclic amines) is 1. The molecule has 0 spiro atoms. The second-order valence-electron chi connectivity index (χ2n) is 8.00. The molecule has 0 radical (unpaired) electrons. The quantitative estimate of drug-likeness (QED) is 0.788. The van der Waals surface area contributed by atoms with Crippen molar-refractivity contribution in [3.63, 3.8) is 0 Å². The molecular formula is C20H29N3O4. The zero-order valence-corrected chi connectivity index (χ0v) is 16.3. The number of benzene rings is 1. The molecule has 27 heavy (non-hydrogen) atoms. The van der Waals surface area contributed by atoms with Crippen LogP contribution in [0.15, 0.2) is 24.3 Å². The standard InChI is InChI=1S/C20H29N3O4/c1-20(2,3)19(26)22-11-14-5-4-10-23(12-14)18(25)15-6-8-16(9-7-15)27-13-17(21)24/h6-9,14H,4-5,10-13H2,1-3H3,(H2,21,24)(H,22,26). The van der Waals surface area contributed by atoms with Gasteiger partial charge in [0.15, 0.2) is 6.61 Å². The van der Waals surface area contributed by atoms with Gasteiger partial charge in [0.25, 0.3) is 11.8 Å². The fourth-order valence-electron chi connectivity index (χ4n) is 2.95. The smallest absolute Gasteiger partial charge is 0.255 e. The van der Waals surface area contributed by atoms with Gasteiger partial charge in [0.05, 0.1) is 0 Å². The van der Waals surface area contributed by atoms with Gasteiger partial charge in [-0.1, -0.05) is 20.8 Å². The van der Waals surface area contributed by atoms with E-state index in [1.807, 2.05) is 25.7 Å². The highest BCUT2D eigenvalue weighted by molar-refractivity contribution is 5.94. The molecule has 1 fully saturated rings. The van der Waals surface area contributed by atoms with Gasteiger partial charge in [-0.25, -0.2) is 0 Å². The van der Waals surface area contributed by atoms with Crippen LogP contribution in [0.25, 0.3) is 0 Å². The summed E-state index contributed by atoms with van der Waals surface area (Å²) in [6, 6.07) is 6.68. The van der Waals surface area contributed by atoms with E-state index in [1.54, 1.807) is 24.3 Å². The molecule has 1 saturated heterocycles. The van der Waals surface area contributed by atoms with Crippen molar-refractivity contribution < 1.29 is 19.1 Å². The van der Waals surface area contributed by atoms with Crippen molar-refractivity contribution in [1.29, 1.82) is 0 Å². The van der Waals surface area contributed by atoms with Crippen molar-refractivity contribution in [2.24, 2.45) is 17.1 Å². The number of carbonyl (C=O) groups is 3. The van der Waals surface area contributed by atoms with E-state index in [1.165, 1.54) is 0 Å². The summed E-state index contributed by atoms with van der Waals surface area (Å²) in [7, 11) is 0. The Morgan fingerprint density at radius 1 is 1.22 bits per heavy atom. The highest BCUT2D eigenvalue weighted by atomic mass is 16.5. The van der Waals surface area contributed by atoms with E-state index in [0.717, 1.165) is 12.8 Å². The number of ether oxygens (including phenoxy) is 1. The number of nitrogens with one attached hydrogen (secondary N) is 1. The predicted octanol–water partition coefficient (Wildman–Crippen LogP) is 1.57. The Morgan fingerprint density at radius 3 is 2.48 bits per heavy atom. The second kappa shape index (κ2) is 8.88. The van der Waals surface area contributed by atoms with Crippen molar-refractivity contribution >= 4 is 17.7 Å². The summed E-state index contributed by atoms with van der Waals surface area (Å²) in [6.07, 6.45) is 1.91. The van der Waals surface area contributed by atoms with E-state index >= 15 is 0 Å². The lowest BCUT2D eigenvalue weighted by molar-refractivity contribution is -0.128. The van der Waals surface area contributed by atoms with Crippen LogP contribution in [0.1, 0.15) is 44.0 Å². The van der Waals surface area contributed by atoms with Gasteiger partial charge in [0.2, 0.25) is 5.91 Å². The lowest BCUT2D eigenvalue weighted by atomic mass is 9.94. The average molecular weight is 375 g/mol. The molecule has 0 saturated carbocycles. The van der Waals surface area contributed by atoms with Crippen molar-refractivity contribution in [3.8, 4) is 5.75 Å². The minimum Gasteiger partial charge on any atom is -0.484 e. The fourth-order valence-corrected chi connectivity index (χ4v) is 2.95. The Bertz CT molecular complexity index is 679. The van der Waals surface area contributed by atoms with Gasteiger partial charge >= 0.3 is 0 Å². The van der Waals surface area contributed by atoms with E-state index in [9.17, 15) is 14.4 Å². The van der Waals surface area contributed by atoms with Gasteiger partial charge in [-0.15, -0.1) is 0 Å². The normalized spacial score (nSPS) is 17.3. The van der Waals surface area contributed by atoms with Crippen LogP contribution >= 0.6 is 0 Å². The molecule has 3 N–H and O–H groups in total. The summed E-state index contributed by atoms with van der Waals surface area (Å²) in [5.41, 5.74) is 5.20. The monoisotopic (exact) mass is 375 g/mol. The van der Waals surface area contributed by atoms with E-state index in [0.29, 0.717) is 30.9 Å². The Balaban J connectivity index is 1.90. The second-order valence-corrected chi connectivity index (χ2v) is 8.00. The Labute approximate surface area is 160 Å². The van der Waals surface area contributed by atoms with Crippen LogP contribution in [-0.4, -0.2) is 48.9 Å². The van der Waals surface area contributed by atoms with Crippen molar-refractivity contribution in [2.45, 2.75) is 33.6 Å². The first-order valence-corrected chi connectivity index (χ1v) is 9.25. The molecule has 0 aromatic heterocycles. The Hall–Kier alpha value is -2.57. The van der Waals surface area contributed by atoms with Crippen LogP contribution in [0.2, 0.25) is 0 Å². The number of hydrogen-bond acceptors (Lipinski definition) is 4. The lowest BCUT2D eigenvalue weighted by Gasteiger charge is -2.33. The van der Waals surface area contributed by atoms with Crippen molar-refractivity contribution in [2.75, 3.05) is 26.2 Å². The topological polar surface area (TPSA) is 102 Å². The number of primary amides is 1. The third-order valence-corrected chi connectivity index (χ3v) is 4.52. The molecule has 148 valence electrons. The van der Waals surface area contributed by atoms with Crippen LogP contribution in [0.5, 0.6) is 5.75 Å². The lowest BCUT2D eigenvalue weighted by Crippen LogP contribution is -2.45.